The van der Waals surface area contributed by atoms with Crippen LogP contribution in [0.1, 0.15) is 15.9 Å². The SMILES string of the molecule is CN(C)CCOc1ccc(-c2ccccc2)cc1C(=O)C=Cc1ccc(O)cc1. The van der Waals surface area contributed by atoms with Crippen LogP contribution in [0.3, 0.4) is 0 Å². The average molecular weight is 387 g/mol. The molecule has 0 bridgehead atoms. The van der Waals surface area contributed by atoms with Crippen LogP contribution >= 0.6 is 0 Å². The van der Waals surface area contributed by atoms with Gasteiger partial charge >= 0.3 is 0 Å². The van der Waals surface area contributed by atoms with Gasteiger partial charge in [0.05, 0.1) is 5.56 Å². The molecule has 0 aliphatic carbocycles. The number of hydrogen-bond donors (Lipinski definition) is 1. The van der Waals surface area contributed by atoms with Gasteiger partial charge in [-0.05, 0) is 61.1 Å². The zero-order valence-electron chi connectivity index (χ0n) is 16.7. The van der Waals surface area contributed by atoms with E-state index in [1.54, 1.807) is 30.3 Å². The van der Waals surface area contributed by atoms with Crippen molar-refractivity contribution in [3.8, 4) is 22.6 Å². The zero-order valence-corrected chi connectivity index (χ0v) is 16.7. The number of rotatable bonds is 8. The van der Waals surface area contributed by atoms with Crippen LogP contribution in [0, 0.1) is 0 Å². The van der Waals surface area contributed by atoms with Crippen LogP contribution in [0.2, 0.25) is 0 Å². The number of carbonyl (C=O) groups is 1. The first-order valence-electron chi connectivity index (χ1n) is 9.51. The van der Waals surface area contributed by atoms with Gasteiger partial charge in [-0.2, -0.15) is 0 Å². The molecule has 4 nitrogen and oxygen atoms in total. The molecular weight excluding hydrogens is 362 g/mol. The van der Waals surface area contributed by atoms with E-state index in [9.17, 15) is 9.90 Å². The van der Waals surface area contributed by atoms with Crippen LogP contribution in [-0.2, 0) is 0 Å². The van der Waals surface area contributed by atoms with Crippen LogP contribution < -0.4 is 4.74 Å². The first-order valence-corrected chi connectivity index (χ1v) is 9.51. The Morgan fingerprint density at radius 2 is 1.69 bits per heavy atom. The highest BCUT2D eigenvalue weighted by Gasteiger charge is 2.13. The molecule has 4 heteroatoms. The summed E-state index contributed by atoms with van der Waals surface area (Å²) in [5.41, 5.74) is 3.38. The Morgan fingerprint density at radius 1 is 0.966 bits per heavy atom. The predicted octanol–water partition coefficient (Wildman–Crippen LogP) is 4.90. The Bertz CT molecular complexity index is 977. The van der Waals surface area contributed by atoms with E-state index in [4.69, 9.17) is 4.74 Å². The minimum atomic E-state index is -0.129. The van der Waals surface area contributed by atoms with Crippen molar-refractivity contribution in [3.05, 3.63) is 90.0 Å². The number of carbonyl (C=O) groups excluding carboxylic acids is 1. The fraction of sp³-hybridized carbons (Fsp3) is 0.160. The van der Waals surface area contributed by atoms with Gasteiger partial charge in [-0.1, -0.05) is 54.6 Å². The van der Waals surface area contributed by atoms with E-state index < -0.39 is 0 Å². The molecule has 148 valence electrons. The van der Waals surface area contributed by atoms with Gasteiger partial charge in [-0.15, -0.1) is 0 Å². The molecule has 3 aromatic rings. The van der Waals surface area contributed by atoms with E-state index in [2.05, 4.69) is 0 Å². The first kappa shape index (κ1) is 20.4. The number of ether oxygens (including phenoxy) is 1. The molecule has 0 unspecified atom stereocenters. The van der Waals surface area contributed by atoms with Crippen molar-refractivity contribution < 1.29 is 14.6 Å². The van der Waals surface area contributed by atoms with E-state index in [0.29, 0.717) is 17.9 Å². The fourth-order valence-electron chi connectivity index (χ4n) is 2.84. The second-order valence-corrected chi connectivity index (χ2v) is 7.02. The number of nitrogens with zero attached hydrogens (tertiary/aromatic N) is 1. The Labute approximate surface area is 171 Å². The third-order valence-electron chi connectivity index (χ3n) is 4.47. The van der Waals surface area contributed by atoms with E-state index in [-0.39, 0.29) is 11.5 Å². The topological polar surface area (TPSA) is 49.8 Å². The molecule has 3 aromatic carbocycles. The van der Waals surface area contributed by atoms with Crippen molar-refractivity contribution >= 4 is 11.9 Å². The molecule has 0 radical (unpaired) electrons. The van der Waals surface area contributed by atoms with Crippen molar-refractivity contribution in [2.45, 2.75) is 0 Å². The quantitative estimate of drug-likeness (QED) is 0.441. The van der Waals surface area contributed by atoms with Crippen LogP contribution in [0.15, 0.2) is 78.9 Å². The lowest BCUT2D eigenvalue weighted by Gasteiger charge is -2.14. The fourth-order valence-corrected chi connectivity index (χ4v) is 2.84. The smallest absolute Gasteiger partial charge is 0.189 e. The molecule has 0 heterocycles. The molecule has 0 amide bonds. The minimum absolute atomic E-state index is 0.129. The number of phenols is 1. The van der Waals surface area contributed by atoms with Gasteiger partial charge in [-0.3, -0.25) is 4.79 Å². The minimum Gasteiger partial charge on any atom is -0.508 e. The van der Waals surface area contributed by atoms with E-state index in [1.807, 2.05) is 67.5 Å². The monoisotopic (exact) mass is 387 g/mol. The number of likely N-dealkylation sites (N-methyl/N-ethyl adjacent to an activating group) is 1. The number of phenolic OH excluding ortho intramolecular Hbond substituents is 1. The lowest BCUT2D eigenvalue weighted by Crippen LogP contribution is -2.20. The Balaban J connectivity index is 1.89. The Morgan fingerprint density at radius 3 is 2.38 bits per heavy atom. The Hall–Kier alpha value is -3.37. The van der Waals surface area contributed by atoms with Gasteiger partial charge in [0.25, 0.3) is 0 Å². The molecule has 0 fully saturated rings. The van der Waals surface area contributed by atoms with Crippen LogP contribution in [0.5, 0.6) is 11.5 Å². The number of hydrogen-bond acceptors (Lipinski definition) is 4. The lowest BCUT2D eigenvalue weighted by atomic mass is 10.00. The summed E-state index contributed by atoms with van der Waals surface area (Å²) in [6.07, 6.45) is 3.27. The van der Waals surface area contributed by atoms with Gasteiger partial charge < -0.3 is 14.7 Å². The molecule has 0 saturated heterocycles. The maximum absolute atomic E-state index is 13.0. The number of allylic oxidation sites excluding steroid dienone is 1. The molecule has 29 heavy (non-hydrogen) atoms. The first-order chi connectivity index (χ1) is 14.0. The van der Waals surface area contributed by atoms with Gasteiger partial charge in [-0.25, -0.2) is 0 Å². The molecule has 0 saturated carbocycles. The standard InChI is InChI=1S/C25H25NO3/c1-26(2)16-17-29-25-15-11-21(20-6-4-3-5-7-20)18-23(25)24(28)14-10-19-8-12-22(27)13-9-19/h3-15,18,27H,16-17H2,1-2H3. The van der Waals surface area contributed by atoms with E-state index in [1.165, 1.54) is 6.08 Å². The highest BCUT2D eigenvalue weighted by Crippen LogP contribution is 2.28. The molecule has 3 rings (SSSR count). The van der Waals surface area contributed by atoms with E-state index >= 15 is 0 Å². The largest absolute Gasteiger partial charge is 0.508 e. The number of aromatic hydroxyl groups is 1. The van der Waals surface area contributed by atoms with Crippen LogP contribution in [0.25, 0.3) is 17.2 Å². The molecule has 0 aliphatic rings. The zero-order chi connectivity index (χ0) is 20.6. The molecule has 0 atom stereocenters. The summed E-state index contributed by atoms with van der Waals surface area (Å²) in [4.78, 5) is 15.0. The third-order valence-corrected chi connectivity index (χ3v) is 4.47. The predicted molar refractivity (Wildman–Crippen MR) is 117 cm³/mol. The van der Waals surface area contributed by atoms with Crippen molar-refractivity contribution in [3.63, 3.8) is 0 Å². The third kappa shape index (κ3) is 5.80. The molecule has 0 spiro atoms. The second-order valence-electron chi connectivity index (χ2n) is 7.02. The van der Waals surface area contributed by atoms with Crippen molar-refractivity contribution in [1.29, 1.82) is 0 Å². The average Bonchev–Trinajstić information content (AvgIpc) is 2.73. The highest BCUT2D eigenvalue weighted by atomic mass is 16.5. The summed E-state index contributed by atoms with van der Waals surface area (Å²) < 4.78 is 5.90. The number of ketones is 1. The molecule has 0 aromatic heterocycles. The van der Waals surface area contributed by atoms with Gasteiger partial charge in [0.2, 0.25) is 0 Å². The number of benzene rings is 3. The van der Waals surface area contributed by atoms with Crippen molar-refractivity contribution in [1.82, 2.24) is 4.90 Å². The molecule has 1 N–H and O–H groups in total. The summed E-state index contributed by atoms with van der Waals surface area (Å²) in [6, 6.07) is 22.4. The van der Waals surface area contributed by atoms with Crippen molar-refractivity contribution in [2.75, 3.05) is 27.2 Å². The van der Waals surface area contributed by atoms with Crippen LogP contribution in [0.4, 0.5) is 0 Å². The van der Waals surface area contributed by atoms with E-state index in [0.717, 1.165) is 23.2 Å². The van der Waals surface area contributed by atoms with Gasteiger partial charge in [0.15, 0.2) is 5.78 Å². The highest BCUT2D eigenvalue weighted by molar-refractivity contribution is 6.09. The van der Waals surface area contributed by atoms with Gasteiger partial charge in [0, 0.05) is 6.54 Å². The normalized spacial score (nSPS) is 11.1. The lowest BCUT2D eigenvalue weighted by molar-refractivity contribution is 0.104. The second kappa shape index (κ2) is 9.71. The summed E-state index contributed by atoms with van der Waals surface area (Å²) in [5.74, 6) is 0.642. The summed E-state index contributed by atoms with van der Waals surface area (Å²) in [6.45, 7) is 1.26. The molecule has 0 aliphatic heterocycles. The summed E-state index contributed by atoms with van der Waals surface area (Å²) in [5, 5.41) is 9.40. The van der Waals surface area contributed by atoms with Gasteiger partial charge in [0.1, 0.15) is 18.1 Å². The van der Waals surface area contributed by atoms with Crippen LogP contribution in [-0.4, -0.2) is 43.0 Å². The molecular formula is C25H25NO3. The maximum atomic E-state index is 13.0. The Kier molecular flexibility index (Phi) is 6.82. The van der Waals surface area contributed by atoms with Crippen molar-refractivity contribution in [2.24, 2.45) is 0 Å². The maximum Gasteiger partial charge on any atom is 0.189 e. The summed E-state index contributed by atoms with van der Waals surface area (Å²) in [7, 11) is 3.96. The summed E-state index contributed by atoms with van der Waals surface area (Å²) >= 11 is 0.